The summed E-state index contributed by atoms with van der Waals surface area (Å²) in [6.07, 6.45) is 0.913. The first-order valence-corrected chi connectivity index (χ1v) is 6.40. The number of aliphatic carboxylic acids is 1. The average molecular weight is 289 g/mol. The number of rotatable bonds is 9. The summed E-state index contributed by atoms with van der Waals surface area (Å²) in [5.41, 5.74) is -1.34. The van der Waals surface area contributed by atoms with Crippen LogP contribution in [0.3, 0.4) is 0 Å². The maximum Gasteiger partial charge on any atom is 0.329 e. The number of hydrogen-bond acceptors (Lipinski definition) is 4. The molecule has 0 bridgehead atoms. The third kappa shape index (κ3) is 6.93. The van der Waals surface area contributed by atoms with E-state index in [1.54, 1.807) is 0 Å². The summed E-state index contributed by atoms with van der Waals surface area (Å²) in [4.78, 5) is 34.0. The molecule has 0 heterocycles. The molecule has 0 saturated heterocycles. The van der Waals surface area contributed by atoms with E-state index in [-0.39, 0.29) is 12.5 Å². The van der Waals surface area contributed by atoms with E-state index in [0.29, 0.717) is 26.0 Å². The smallest absolute Gasteiger partial charge is 0.329 e. The second kappa shape index (κ2) is 9.13. The lowest BCUT2D eigenvalue weighted by Gasteiger charge is -2.25. The van der Waals surface area contributed by atoms with Crippen LogP contribution in [-0.2, 0) is 14.3 Å². The van der Waals surface area contributed by atoms with Gasteiger partial charge in [-0.2, -0.15) is 0 Å². The standard InChI is InChI=1S/C12H23N3O5/c1-4-5-12(2,10(17)18)15-11(19)14-8-9(16)13-6-7-20-3/h4-8H2,1-3H3,(H,13,16)(H,17,18)(H2,14,15,19). The summed E-state index contributed by atoms with van der Waals surface area (Å²) in [5, 5.41) is 16.3. The normalized spacial score (nSPS) is 13.2. The number of carbonyl (C=O) groups excluding carboxylic acids is 2. The van der Waals surface area contributed by atoms with Gasteiger partial charge in [0.2, 0.25) is 5.91 Å². The van der Waals surface area contributed by atoms with Crippen LogP contribution in [0.2, 0.25) is 0 Å². The quantitative estimate of drug-likeness (QED) is 0.434. The number of hydrogen-bond donors (Lipinski definition) is 4. The van der Waals surface area contributed by atoms with E-state index >= 15 is 0 Å². The Hall–Kier alpha value is -1.83. The number of amides is 3. The molecule has 0 aromatic carbocycles. The number of carbonyl (C=O) groups is 3. The van der Waals surface area contributed by atoms with E-state index in [1.807, 2.05) is 6.92 Å². The average Bonchev–Trinajstić information content (AvgIpc) is 2.36. The van der Waals surface area contributed by atoms with Gasteiger partial charge in [-0.25, -0.2) is 9.59 Å². The first-order valence-electron chi connectivity index (χ1n) is 6.40. The Bertz CT molecular complexity index is 348. The fourth-order valence-electron chi connectivity index (χ4n) is 1.53. The molecule has 0 spiro atoms. The fraction of sp³-hybridized carbons (Fsp3) is 0.750. The van der Waals surface area contributed by atoms with Crippen LogP contribution in [-0.4, -0.2) is 55.4 Å². The molecule has 4 N–H and O–H groups in total. The van der Waals surface area contributed by atoms with Crippen molar-refractivity contribution >= 4 is 17.9 Å². The molecular weight excluding hydrogens is 266 g/mol. The zero-order valence-electron chi connectivity index (χ0n) is 12.1. The Morgan fingerprint density at radius 2 is 1.90 bits per heavy atom. The van der Waals surface area contributed by atoms with Crippen molar-refractivity contribution in [3.05, 3.63) is 0 Å². The van der Waals surface area contributed by atoms with Gasteiger partial charge in [0.1, 0.15) is 5.54 Å². The minimum absolute atomic E-state index is 0.225. The van der Waals surface area contributed by atoms with Gasteiger partial charge in [-0.1, -0.05) is 13.3 Å². The molecule has 0 saturated carbocycles. The second-order valence-corrected chi connectivity index (χ2v) is 4.54. The number of methoxy groups -OCH3 is 1. The highest BCUT2D eigenvalue weighted by atomic mass is 16.5. The highest BCUT2D eigenvalue weighted by molar-refractivity contribution is 5.88. The van der Waals surface area contributed by atoms with E-state index in [4.69, 9.17) is 9.84 Å². The zero-order chi connectivity index (χ0) is 15.6. The number of urea groups is 1. The molecule has 0 radical (unpaired) electrons. The van der Waals surface area contributed by atoms with Crippen molar-refractivity contribution in [1.29, 1.82) is 0 Å². The minimum Gasteiger partial charge on any atom is -0.480 e. The largest absolute Gasteiger partial charge is 0.480 e. The second-order valence-electron chi connectivity index (χ2n) is 4.54. The Morgan fingerprint density at radius 3 is 2.40 bits per heavy atom. The van der Waals surface area contributed by atoms with E-state index < -0.39 is 17.5 Å². The third-order valence-corrected chi connectivity index (χ3v) is 2.65. The van der Waals surface area contributed by atoms with Crippen molar-refractivity contribution in [2.45, 2.75) is 32.2 Å². The van der Waals surface area contributed by atoms with Gasteiger partial charge in [0.15, 0.2) is 0 Å². The van der Waals surface area contributed by atoms with Crippen molar-refractivity contribution < 1.29 is 24.2 Å². The Morgan fingerprint density at radius 1 is 1.25 bits per heavy atom. The van der Waals surface area contributed by atoms with Gasteiger partial charge in [0, 0.05) is 13.7 Å². The molecule has 8 heteroatoms. The van der Waals surface area contributed by atoms with E-state index in [2.05, 4.69) is 16.0 Å². The SMILES string of the molecule is CCCC(C)(NC(=O)NCC(=O)NCCOC)C(=O)O. The summed E-state index contributed by atoms with van der Waals surface area (Å²) >= 11 is 0. The van der Waals surface area contributed by atoms with Crippen LogP contribution in [0.15, 0.2) is 0 Å². The van der Waals surface area contributed by atoms with Crippen LogP contribution < -0.4 is 16.0 Å². The van der Waals surface area contributed by atoms with Gasteiger partial charge in [-0.3, -0.25) is 4.79 Å². The van der Waals surface area contributed by atoms with Gasteiger partial charge >= 0.3 is 12.0 Å². The highest BCUT2D eigenvalue weighted by Crippen LogP contribution is 2.12. The summed E-state index contributed by atoms with van der Waals surface area (Å²) in [6.45, 7) is 3.76. The van der Waals surface area contributed by atoms with Gasteiger partial charge in [-0.15, -0.1) is 0 Å². The molecule has 0 fully saturated rings. The van der Waals surface area contributed by atoms with Crippen molar-refractivity contribution in [3.8, 4) is 0 Å². The van der Waals surface area contributed by atoms with Gasteiger partial charge < -0.3 is 25.8 Å². The van der Waals surface area contributed by atoms with Gasteiger partial charge in [0.05, 0.1) is 13.2 Å². The molecule has 3 amide bonds. The van der Waals surface area contributed by atoms with Crippen molar-refractivity contribution in [1.82, 2.24) is 16.0 Å². The first kappa shape index (κ1) is 18.2. The Kier molecular flexibility index (Phi) is 8.30. The summed E-state index contributed by atoms with van der Waals surface area (Å²) in [7, 11) is 1.51. The number of nitrogens with one attached hydrogen (secondary N) is 3. The van der Waals surface area contributed by atoms with Crippen molar-refractivity contribution in [3.63, 3.8) is 0 Å². The van der Waals surface area contributed by atoms with E-state index in [1.165, 1.54) is 14.0 Å². The van der Waals surface area contributed by atoms with Crippen LogP contribution in [0.5, 0.6) is 0 Å². The molecule has 0 aliphatic carbocycles. The molecule has 0 aliphatic rings. The molecule has 0 aliphatic heterocycles. The molecule has 116 valence electrons. The Balaban J connectivity index is 4.14. The maximum atomic E-state index is 11.6. The molecule has 1 unspecified atom stereocenters. The third-order valence-electron chi connectivity index (χ3n) is 2.65. The fourth-order valence-corrected chi connectivity index (χ4v) is 1.53. The highest BCUT2D eigenvalue weighted by Gasteiger charge is 2.33. The van der Waals surface area contributed by atoms with Crippen LogP contribution in [0.25, 0.3) is 0 Å². The summed E-state index contributed by atoms with van der Waals surface area (Å²) < 4.78 is 4.76. The Labute approximate surface area is 118 Å². The molecule has 8 nitrogen and oxygen atoms in total. The topological polar surface area (TPSA) is 117 Å². The molecule has 0 rings (SSSR count). The zero-order valence-corrected chi connectivity index (χ0v) is 12.1. The van der Waals surface area contributed by atoms with Crippen LogP contribution in [0, 0.1) is 0 Å². The molecule has 0 aromatic rings. The lowest BCUT2D eigenvalue weighted by atomic mass is 9.97. The van der Waals surface area contributed by atoms with Crippen LogP contribution in [0.4, 0.5) is 4.79 Å². The monoisotopic (exact) mass is 289 g/mol. The first-order chi connectivity index (χ1) is 9.35. The predicted molar refractivity (Wildman–Crippen MR) is 72.4 cm³/mol. The number of carboxylic acids is 1. The maximum absolute atomic E-state index is 11.6. The predicted octanol–water partition coefficient (Wildman–Crippen LogP) is -0.308. The van der Waals surface area contributed by atoms with Crippen LogP contribution >= 0.6 is 0 Å². The lowest BCUT2D eigenvalue weighted by molar-refractivity contribution is -0.144. The van der Waals surface area contributed by atoms with E-state index in [0.717, 1.165) is 0 Å². The van der Waals surface area contributed by atoms with Gasteiger partial charge in [-0.05, 0) is 13.3 Å². The molecule has 20 heavy (non-hydrogen) atoms. The number of carboxylic acid groups (broad SMARTS) is 1. The molecular formula is C12H23N3O5. The van der Waals surface area contributed by atoms with Crippen molar-refractivity contribution in [2.24, 2.45) is 0 Å². The molecule has 0 aromatic heterocycles. The van der Waals surface area contributed by atoms with Crippen molar-refractivity contribution in [2.75, 3.05) is 26.8 Å². The van der Waals surface area contributed by atoms with Gasteiger partial charge in [0.25, 0.3) is 0 Å². The summed E-state index contributed by atoms with van der Waals surface area (Å²) in [6, 6.07) is -0.690. The van der Waals surface area contributed by atoms with E-state index in [9.17, 15) is 14.4 Å². The molecule has 1 atom stereocenters. The number of ether oxygens (including phenoxy) is 1. The minimum atomic E-state index is -1.34. The summed E-state index contributed by atoms with van der Waals surface area (Å²) in [5.74, 6) is -1.48. The van der Waals surface area contributed by atoms with Crippen LogP contribution in [0.1, 0.15) is 26.7 Å². The lowest BCUT2D eigenvalue weighted by Crippen LogP contribution is -2.56.